The van der Waals surface area contributed by atoms with E-state index in [-0.39, 0.29) is 0 Å². The number of rotatable bonds is 2. The minimum Gasteiger partial charge on any atom is -0.397 e. The van der Waals surface area contributed by atoms with E-state index in [0.717, 1.165) is 49.2 Å². The van der Waals surface area contributed by atoms with E-state index in [0.29, 0.717) is 11.4 Å². The van der Waals surface area contributed by atoms with Crippen LogP contribution in [0.15, 0.2) is 24.3 Å². The van der Waals surface area contributed by atoms with E-state index in [1.165, 1.54) is 0 Å². The van der Waals surface area contributed by atoms with Crippen LogP contribution in [0, 0.1) is 6.92 Å². The number of ether oxygens (including phenoxy) is 1. The van der Waals surface area contributed by atoms with Gasteiger partial charge in [0.1, 0.15) is 11.6 Å². The third-order valence-corrected chi connectivity index (χ3v) is 3.58. The Hall–Kier alpha value is -2.34. The van der Waals surface area contributed by atoms with Crippen LogP contribution in [0.5, 0.6) is 0 Å². The average molecular weight is 285 g/mol. The van der Waals surface area contributed by atoms with Crippen LogP contribution in [0.4, 0.5) is 17.2 Å². The molecule has 0 radical (unpaired) electrons. The summed E-state index contributed by atoms with van der Waals surface area (Å²) in [5, 5.41) is 0. The summed E-state index contributed by atoms with van der Waals surface area (Å²) in [5.41, 5.74) is 14.7. The molecule has 0 saturated carbocycles. The number of para-hydroxylation sites is 1. The van der Waals surface area contributed by atoms with Crippen LogP contribution < -0.4 is 16.4 Å². The largest absolute Gasteiger partial charge is 0.397 e. The van der Waals surface area contributed by atoms with Crippen molar-refractivity contribution in [3.8, 4) is 11.3 Å². The molecule has 0 bridgehead atoms. The molecule has 3 rings (SSSR count). The molecule has 1 aliphatic heterocycles. The zero-order valence-corrected chi connectivity index (χ0v) is 12.0. The number of aromatic nitrogens is 2. The molecule has 21 heavy (non-hydrogen) atoms. The predicted octanol–water partition coefficient (Wildman–Crippen LogP) is 1.45. The van der Waals surface area contributed by atoms with Crippen molar-refractivity contribution in [2.45, 2.75) is 6.92 Å². The summed E-state index contributed by atoms with van der Waals surface area (Å²) >= 11 is 0. The zero-order chi connectivity index (χ0) is 14.8. The van der Waals surface area contributed by atoms with Crippen LogP contribution in [-0.4, -0.2) is 36.3 Å². The number of hydrogen-bond donors (Lipinski definition) is 2. The van der Waals surface area contributed by atoms with Gasteiger partial charge in [-0.1, -0.05) is 12.1 Å². The van der Waals surface area contributed by atoms with E-state index in [2.05, 4.69) is 14.9 Å². The first-order chi connectivity index (χ1) is 10.1. The van der Waals surface area contributed by atoms with E-state index >= 15 is 0 Å². The van der Waals surface area contributed by atoms with Crippen molar-refractivity contribution in [1.29, 1.82) is 0 Å². The van der Waals surface area contributed by atoms with Gasteiger partial charge in [0.05, 0.1) is 30.3 Å². The van der Waals surface area contributed by atoms with Crippen molar-refractivity contribution in [3.05, 3.63) is 30.1 Å². The van der Waals surface area contributed by atoms with Gasteiger partial charge in [0.15, 0.2) is 0 Å². The fraction of sp³-hybridized carbons (Fsp3) is 0.333. The van der Waals surface area contributed by atoms with Gasteiger partial charge in [0.25, 0.3) is 0 Å². The molecule has 0 aliphatic carbocycles. The molecule has 0 unspecified atom stereocenters. The van der Waals surface area contributed by atoms with Gasteiger partial charge in [-0.3, -0.25) is 0 Å². The third-order valence-electron chi connectivity index (χ3n) is 3.58. The molecule has 1 fully saturated rings. The maximum Gasteiger partial charge on any atom is 0.133 e. The van der Waals surface area contributed by atoms with Gasteiger partial charge in [-0.2, -0.15) is 0 Å². The number of hydrogen-bond acceptors (Lipinski definition) is 6. The van der Waals surface area contributed by atoms with E-state index in [1.807, 2.05) is 25.1 Å². The lowest BCUT2D eigenvalue weighted by atomic mass is 10.1. The number of nitrogen functional groups attached to an aromatic ring is 2. The zero-order valence-electron chi connectivity index (χ0n) is 12.0. The highest BCUT2D eigenvalue weighted by Crippen LogP contribution is 2.30. The van der Waals surface area contributed by atoms with Crippen molar-refractivity contribution in [3.63, 3.8) is 0 Å². The van der Waals surface area contributed by atoms with Crippen LogP contribution in [-0.2, 0) is 4.74 Å². The first-order valence-corrected chi connectivity index (χ1v) is 6.98. The van der Waals surface area contributed by atoms with Crippen molar-refractivity contribution < 1.29 is 4.74 Å². The summed E-state index contributed by atoms with van der Waals surface area (Å²) in [4.78, 5) is 11.2. The molecule has 1 saturated heterocycles. The molecule has 6 heteroatoms. The molecule has 4 N–H and O–H groups in total. The van der Waals surface area contributed by atoms with Gasteiger partial charge < -0.3 is 21.1 Å². The molecule has 1 aliphatic rings. The summed E-state index contributed by atoms with van der Waals surface area (Å²) in [6.45, 7) is 5.00. The van der Waals surface area contributed by atoms with Crippen LogP contribution >= 0.6 is 0 Å². The summed E-state index contributed by atoms with van der Waals surface area (Å²) in [5.74, 6) is 1.62. The molecular formula is C15H19N5O. The van der Waals surface area contributed by atoms with Crippen LogP contribution in [0.1, 0.15) is 5.82 Å². The van der Waals surface area contributed by atoms with Gasteiger partial charge in [-0.05, 0) is 13.0 Å². The lowest BCUT2D eigenvalue weighted by molar-refractivity contribution is 0.122. The quantitative estimate of drug-likeness (QED) is 0.812. The van der Waals surface area contributed by atoms with Crippen molar-refractivity contribution in [1.82, 2.24) is 9.97 Å². The molecule has 0 spiro atoms. The lowest BCUT2D eigenvalue weighted by Gasteiger charge is -2.28. The summed E-state index contributed by atoms with van der Waals surface area (Å²) < 4.78 is 5.38. The number of anilines is 3. The van der Waals surface area contributed by atoms with Gasteiger partial charge in [-0.25, -0.2) is 9.97 Å². The molecule has 6 nitrogen and oxygen atoms in total. The predicted molar refractivity (Wildman–Crippen MR) is 84.1 cm³/mol. The Labute approximate surface area is 123 Å². The maximum absolute atomic E-state index is 6.07. The Bertz CT molecular complexity index is 653. The molecule has 110 valence electrons. The molecule has 0 atom stereocenters. The van der Waals surface area contributed by atoms with Crippen molar-refractivity contribution in [2.24, 2.45) is 0 Å². The van der Waals surface area contributed by atoms with E-state index in [1.54, 1.807) is 6.07 Å². The Balaban J connectivity index is 2.03. The second-order valence-corrected chi connectivity index (χ2v) is 5.07. The van der Waals surface area contributed by atoms with Gasteiger partial charge in [-0.15, -0.1) is 0 Å². The smallest absolute Gasteiger partial charge is 0.133 e. The molecular weight excluding hydrogens is 266 g/mol. The standard InChI is InChI=1S/C15H19N5O/c1-10-18-13(11-3-2-4-12(16)15(11)17)9-14(19-10)20-5-7-21-8-6-20/h2-4,9H,5-8,16-17H2,1H3. The molecule has 2 heterocycles. The van der Waals surface area contributed by atoms with Crippen molar-refractivity contribution in [2.75, 3.05) is 42.7 Å². The summed E-state index contributed by atoms with van der Waals surface area (Å²) in [6.07, 6.45) is 0. The number of nitrogens with zero attached hydrogens (tertiary/aromatic N) is 3. The normalized spacial score (nSPS) is 15.2. The molecule has 2 aromatic rings. The highest BCUT2D eigenvalue weighted by atomic mass is 16.5. The Kier molecular flexibility index (Phi) is 3.62. The number of nitrogens with two attached hydrogens (primary N) is 2. The minimum absolute atomic E-state index is 0.559. The maximum atomic E-state index is 6.07. The van der Waals surface area contributed by atoms with Gasteiger partial charge >= 0.3 is 0 Å². The fourth-order valence-corrected chi connectivity index (χ4v) is 2.45. The molecule has 1 aromatic carbocycles. The Morgan fingerprint density at radius 2 is 1.90 bits per heavy atom. The first-order valence-electron chi connectivity index (χ1n) is 6.98. The van der Waals surface area contributed by atoms with Crippen LogP contribution in [0.3, 0.4) is 0 Å². The van der Waals surface area contributed by atoms with Crippen LogP contribution in [0.25, 0.3) is 11.3 Å². The average Bonchev–Trinajstić information content (AvgIpc) is 2.50. The number of aryl methyl sites for hydroxylation is 1. The fourth-order valence-electron chi connectivity index (χ4n) is 2.45. The Morgan fingerprint density at radius 1 is 1.14 bits per heavy atom. The van der Waals surface area contributed by atoms with Gasteiger partial charge in [0, 0.05) is 24.7 Å². The van der Waals surface area contributed by atoms with E-state index in [9.17, 15) is 0 Å². The highest BCUT2D eigenvalue weighted by molar-refractivity contribution is 5.83. The number of benzene rings is 1. The monoisotopic (exact) mass is 285 g/mol. The second kappa shape index (κ2) is 5.57. The lowest BCUT2D eigenvalue weighted by Crippen LogP contribution is -2.36. The topological polar surface area (TPSA) is 90.3 Å². The second-order valence-electron chi connectivity index (χ2n) is 5.07. The van der Waals surface area contributed by atoms with E-state index < -0.39 is 0 Å². The third kappa shape index (κ3) is 2.75. The highest BCUT2D eigenvalue weighted by Gasteiger charge is 2.15. The van der Waals surface area contributed by atoms with Gasteiger partial charge in [0.2, 0.25) is 0 Å². The van der Waals surface area contributed by atoms with E-state index in [4.69, 9.17) is 16.2 Å². The molecule has 1 aromatic heterocycles. The SMILES string of the molecule is Cc1nc(-c2cccc(N)c2N)cc(N2CCOCC2)n1. The Morgan fingerprint density at radius 3 is 2.67 bits per heavy atom. The summed E-state index contributed by atoms with van der Waals surface area (Å²) in [6, 6.07) is 7.56. The number of morpholine rings is 1. The molecule has 0 amide bonds. The minimum atomic E-state index is 0.559. The van der Waals surface area contributed by atoms with Crippen LogP contribution in [0.2, 0.25) is 0 Å². The summed E-state index contributed by atoms with van der Waals surface area (Å²) in [7, 11) is 0. The van der Waals surface area contributed by atoms with Crippen molar-refractivity contribution >= 4 is 17.2 Å². The first kappa shape index (κ1) is 13.6.